The lowest BCUT2D eigenvalue weighted by molar-refractivity contribution is -0.307. The molecule has 3 saturated heterocycles. The lowest BCUT2D eigenvalue weighted by atomic mass is 9.82. The second-order valence-corrected chi connectivity index (χ2v) is 19.3. The highest BCUT2D eigenvalue weighted by atomic mass is 16.7. The summed E-state index contributed by atoms with van der Waals surface area (Å²) in [4.78, 5) is 26.6. The first-order valence-electron chi connectivity index (χ1n) is 24.5. The van der Waals surface area contributed by atoms with Crippen LogP contribution in [0, 0.1) is 17.8 Å². The topological polar surface area (TPSA) is 321 Å². The SMILES string of the molecule is C[C@@H]1[C@H](O)[C@@H](C)/C=C/C=C/C=C/C=C/C=C/C=C/C=C/[C@H](O[C@@H]2O[C@H](C)[C@@H](O)[C@H](N)[C@@H]2O)C[C@@H]2O[C@](O)(C[C@@H](O)C[C@@H](O)[C@H](O)CC[C@@H](O)C[C@@H](O)CC(=O)O[C@H]1C)C[C@H](O)[C@H]2C(=O)N[C@@H]1CCOC1. The molecule has 0 aromatic carbocycles. The number of nitrogens with one attached hydrogen (secondary N) is 1. The molecule has 1 amide bonds. The summed E-state index contributed by atoms with van der Waals surface area (Å²) < 4.78 is 29.2. The van der Waals surface area contributed by atoms with E-state index in [1.165, 1.54) is 0 Å². The molecule has 13 N–H and O–H groups in total. The largest absolute Gasteiger partial charge is 0.462 e. The van der Waals surface area contributed by atoms with Gasteiger partial charge in [-0.25, -0.2) is 0 Å². The minimum Gasteiger partial charge on any atom is -0.462 e. The van der Waals surface area contributed by atoms with Gasteiger partial charge in [-0.2, -0.15) is 0 Å². The minimum absolute atomic E-state index is 0.0934. The molecular weight excluding hydrogens is 913 g/mol. The monoisotopic (exact) mass is 993 g/mol. The first kappa shape index (κ1) is 59.1. The van der Waals surface area contributed by atoms with E-state index in [2.05, 4.69) is 5.32 Å². The van der Waals surface area contributed by atoms with Crippen LogP contribution in [-0.2, 0) is 33.3 Å². The second kappa shape index (κ2) is 29.3. The van der Waals surface area contributed by atoms with Gasteiger partial charge in [0.05, 0.1) is 98.2 Å². The Morgan fingerprint density at radius 1 is 0.686 bits per heavy atom. The van der Waals surface area contributed by atoms with Crippen molar-refractivity contribution >= 4 is 11.9 Å². The quantitative estimate of drug-likeness (QED) is 0.171. The Labute approximate surface area is 411 Å². The van der Waals surface area contributed by atoms with Crippen molar-refractivity contribution in [2.24, 2.45) is 23.5 Å². The van der Waals surface area contributed by atoms with Crippen LogP contribution < -0.4 is 11.1 Å². The summed E-state index contributed by atoms with van der Waals surface area (Å²) in [6.45, 7) is 7.48. The zero-order valence-corrected chi connectivity index (χ0v) is 40.7. The van der Waals surface area contributed by atoms with E-state index in [1.54, 1.807) is 63.3 Å². The maximum Gasteiger partial charge on any atom is 0.308 e. The van der Waals surface area contributed by atoms with Gasteiger partial charge in [-0.1, -0.05) is 98.9 Å². The van der Waals surface area contributed by atoms with Crippen molar-refractivity contribution in [2.45, 2.75) is 189 Å². The van der Waals surface area contributed by atoms with Crippen LogP contribution in [0.15, 0.2) is 85.1 Å². The number of rotatable bonds is 4. The van der Waals surface area contributed by atoms with Gasteiger partial charge >= 0.3 is 5.97 Å². The van der Waals surface area contributed by atoms with Crippen LogP contribution in [0.5, 0.6) is 0 Å². The molecule has 0 unspecified atom stereocenters. The third-order valence-corrected chi connectivity index (χ3v) is 13.3. The zero-order valence-electron chi connectivity index (χ0n) is 40.7. The number of ether oxygens (including phenoxy) is 5. The molecule has 0 aliphatic carbocycles. The van der Waals surface area contributed by atoms with Crippen LogP contribution in [0.2, 0.25) is 0 Å². The Kier molecular flexibility index (Phi) is 24.7. The zero-order chi connectivity index (χ0) is 51.5. The fourth-order valence-corrected chi connectivity index (χ4v) is 8.94. The highest BCUT2D eigenvalue weighted by Gasteiger charge is 2.51. The van der Waals surface area contributed by atoms with Crippen molar-refractivity contribution in [3.8, 4) is 0 Å². The Balaban J connectivity index is 1.59. The van der Waals surface area contributed by atoms with Crippen LogP contribution in [0.3, 0.4) is 0 Å². The van der Waals surface area contributed by atoms with Crippen molar-refractivity contribution in [2.75, 3.05) is 13.2 Å². The lowest BCUT2D eigenvalue weighted by Crippen LogP contribution is -2.62. The summed E-state index contributed by atoms with van der Waals surface area (Å²) in [5, 5.41) is 113. The number of hydrogen-bond donors (Lipinski definition) is 12. The molecule has 4 heterocycles. The van der Waals surface area contributed by atoms with Crippen molar-refractivity contribution in [3.05, 3.63) is 85.1 Å². The van der Waals surface area contributed by atoms with E-state index < -0.39 is 147 Å². The van der Waals surface area contributed by atoms with Crippen molar-refractivity contribution < 1.29 is 84.3 Å². The smallest absolute Gasteiger partial charge is 0.308 e. The van der Waals surface area contributed by atoms with Gasteiger partial charge in [0.15, 0.2) is 12.1 Å². The molecule has 0 aromatic heterocycles. The minimum atomic E-state index is -2.27. The first-order valence-corrected chi connectivity index (χ1v) is 24.5. The molecule has 3 fully saturated rings. The summed E-state index contributed by atoms with van der Waals surface area (Å²) in [6.07, 6.45) is 5.35. The number of aliphatic hydroxyl groups is 10. The summed E-state index contributed by atoms with van der Waals surface area (Å²) in [5.41, 5.74) is 6.11. The van der Waals surface area contributed by atoms with Crippen LogP contribution in [0.4, 0.5) is 0 Å². The molecule has 4 aliphatic rings. The third kappa shape index (κ3) is 19.2. The number of nitrogens with two attached hydrogens (primary N) is 1. The number of esters is 1. The van der Waals surface area contributed by atoms with Gasteiger partial charge in [-0.05, 0) is 39.5 Å². The van der Waals surface area contributed by atoms with Crippen LogP contribution in [-0.4, -0.2) is 180 Å². The van der Waals surface area contributed by atoms with Gasteiger partial charge in [0.1, 0.15) is 12.2 Å². The van der Waals surface area contributed by atoms with Gasteiger partial charge in [-0.3, -0.25) is 9.59 Å². The van der Waals surface area contributed by atoms with Gasteiger partial charge in [0.25, 0.3) is 0 Å². The third-order valence-electron chi connectivity index (χ3n) is 13.3. The average molecular weight is 993 g/mol. The number of carbonyl (C=O) groups excluding carboxylic acids is 2. The molecule has 0 radical (unpaired) electrons. The maximum atomic E-state index is 13.9. The summed E-state index contributed by atoms with van der Waals surface area (Å²) >= 11 is 0. The number of aliphatic hydroxyl groups excluding tert-OH is 9. The molecule has 4 aliphatic heterocycles. The summed E-state index contributed by atoms with van der Waals surface area (Å²) in [7, 11) is 0. The highest BCUT2D eigenvalue weighted by molar-refractivity contribution is 5.80. The number of cyclic esters (lactones) is 1. The van der Waals surface area contributed by atoms with E-state index in [4.69, 9.17) is 29.4 Å². The van der Waals surface area contributed by atoms with Crippen LogP contribution in [0.25, 0.3) is 0 Å². The van der Waals surface area contributed by atoms with E-state index >= 15 is 0 Å². The Bertz CT molecular complexity index is 1800. The number of hydrogen-bond acceptors (Lipinski definition) is 18. The molecule has 396 valence electrons. The Morgan fingerprint density at radius 2 is 1.30 bits per heavy atom. The van der Waals surface area contributed by atoms with E-state index in [-0.39, 0.29) is 44.2 Å². The fourth-order valence-electron chi connectivity index (χ4n) is 8.94. The predicted molar refractivity (Wildman–Crippen MR) is 257 cm³/mol. The standard InChI is InChI=1S/C51H80N2O17/c1-30-17-15-13-11-9-7-5-6-8-10-12-14-16-18-38(69-50-48(63)45(52)47(62)33(4)68-50)26-42-44(49(64)53-34-21-22-66-29-34)41(59)28-51(65,70-42)27-37(56)24-40(58)39(57)20-19-35(54)23-36(55)25-43(60)67-32(3)31(2)46(30)61/h5-18,30-42,44-48,50,54-59,61-63,65H,19-29,52H2,1-4H3,(H,53,64)/b6-5+,9-7+,10-8+,13-11+,14-12+,17-15+,18-16+/t30-,31-,32-,33+,34+,35+,36+,37-,38-,39+,40+,41-,42-,44+,45-,46+,47+,48-,50-,51+/m0/s1. The van der Waals surface area contributed by atoms with Crippen LogP contribution >= 0.6 is 0 Å². The lowest BCUT2D eigenvalue weighted by Gasteiger charge is -2.46. The summed E-state index contributed by atoms with van der Waals surface area (Å²) in [5.74, 6) is -5.58. The van der Waals surface area contributed by atoms with Crippen molar-refractivity contribution in [1.82, 2.24) is 5.32 Å². The number of allylic oxidation sites excluding steroid dienone is 12. The molecule has 0 aromatic rings. The molecule has 4 rings (SSSR count). The van der Waals surface area contributed by atoms with Crippen molar-refractivity contribution in [1.29, 1.82) is 0 Å². The fraction of sp³-hybridized carbons (Fsp3) is 0.686. The normalized spacial score (nSPS) is 45.2. The Hall–Kier alpha value is -3.48. The maximum absolute atomic E-state index is 13.9. The molecule has 19 heteroatoms. The van der Waals surface area contributed by atoms with E-state index in [9.17, 15) is 60.7 Å². The van der Waals surface area contributed by atoms with Crippen molar-refractivity contribution in [3.63, 3.8) is 0 Å². The number of carbonyl (C=O) groups is 2. The molecule has 19 nitrogen and oxygen atoms in total. The molecule has 2 bridgehead atoms. The van der Waals surface area contributed by atoms with Gasteiger partial charge in [0, 0.05) is 44.1 Å². The van der Waals surface area contributed by atoms with Crippen LogP contribution in [0.1, 0.15) is 85.5 Å². The molecule has 20 atom stereocenters. The van der Waals surface area contributed by atoms with Gasteiger partial charge in [0.2, 0.25) is 5.91 Å². The second-order valence-electron chi connectivity index (χ2n) is 19.3. The molecule has 0 saturated carbocycles. The van der Waals surface area contributed by atoms with Gasteiger partial charge < -0.3 is 85.8 Å². The number of amides is 1. The van der Waals surface area contributed by atoms with E-state index in [0.29, 0.717) is 13.0 Å². The highest BCUT2D eigenvalue weighted by Crippen LogP contribution is 2.38. The molecule has 70 heavy (non-hydrogen) atoms. The predicted octanol–water partition coefficient (Wildman–Crippen LogP) is 0.532. The molecule has 0 spiro atoms. The first-order chi connectivity index (χ1) is 33.2. The average Bonchev–Trinajstić information content (AvgIpc) is 3.80. The Morgan fingerprint density at radius 3 is 1.91 bits per heavy atom. The van der Waals surface area contributed by atoms with E-state index in [0.717, 1.165) is 0 Å². The van der Waals surface area contributed by atoms with Gasteiger partial charge in [-0.15, -0.1) is 0 Å². The summed E-state index contributed by atoms with van der Waals surface area (Å²) in [6, 6.07) is -1.47. The number of fused-ring (bicyclic) bond motifs is 2. The molecular formula is C51H80N2O17. The van der Waals surface area contributed by atoms with E-state index in [1.807, 2.05) is 49.5 Å².